The minimum Gasteiger partial charge on any atom is -0.493 e. The second kappa shape index (κ2) is 10.8. The summed E-state index contributed by atoms with van der Waals surface area (Å²) < 4.78 is 12.3. The number of halogens is 1. The third-order valence-electron chi connectivity index (χ3n) is 6.13. The van der Waals surface area contributed by atoms with E-state index in [2.05, 4.69) is 22.0 Å². The van der Waals surface area contributed by atoms with Crippen molar-refractivity contribution in [2.75, 3.05) is 7.11 Å². The van der Waals surface area contributed by atoms with Crippen molar-refractivity contribution in [2.45, 2.75) is 20.1 Å². The molecule has 0 unspecified atom stereocenters. The van der Waals surface area contributed by atoms with Gasteiger partial charge in [-0.1, -0.05) is 88.2 Å². The largest absolute Gasteiger partial charge is 0.493 e. The molecule has 1 saturated heterocycles. The Morgan fingerprint density at radius 3 is 2.54 bits per heavy atom. The average Bonchev–Trinajstić information content (AvgIpc) is 3.16. The molecule has 1 aliphatic heterocycles. The van der Waals surface area contributed by atoms with Crippen LogP contribution in [0.3, 0.4) is 0 Å². The first-order chi connectivity index (χ1) is 17.9. The first-order valence-electron chi connectivity index (χ1n) is 11.7. The minimum atomic E-state index is -0.312. The van der Waals surface area contributed by atoms with Crippen molar-refractivity contribution < 1.29 is 19.1 Å². The fourth-order valence-electron chi connectivity index (χ4n) is 4.28. The van der Waals surface area contributed by atoms with E-state index in [-0.39, 0.29) is 17.7 Å². The van der Waals surface area contributed by atoms with Crippen LogP contribution in [0, 0.1) is 6.92 Å². The third-order valence-corrected chi connectivity index (χ3v) is 7.72. The molecule has 4 aromatic carbocycles. The van der Waals surface area contributed by atoms with Crippen molar-refractivity contribution in [3.8, 4) is 11.5 Å². The van der Waals surface area contributed by atoms with Gasteiger partial charge in [0.2, 0.25) is 0 Å². The maximum atomic E-state index is 13.2. The van der Waals surface area contributed by atoms with Crippen molar-refractivity contribution in [1.82, 2.24) is 4.90 Å². The van der Waals surface area contributed by atoms with Gasteiger partial charge in [-0.2, -0.15) is 0 Å². The molecule has 2 amide bonds. The monoisotopic (exact) mass is 573 g/mol. The van der Waals surface area contributed by atoms with Gasteiger partial charge < -0.3 is 9.47 Å². The molecular formula is C30H24BrNO4S. The number of thioether (sulfide) groups is 1. The number of hydrogen-bond donors (Lipinski definition) is 0. The first-order valence-corrected chi connectivity index (χ1v) is 13.3. The standard InChI is InChI=1S/C30H24BrNO4S/c1-19-7-5-8-20(13-19)18-36-27-16-25(31)23(14-26(27)35-2)15-28-29(33)32(30(34)37-28)17-22-11-6-10-21-9-3-4-12-24(21)22/h3-16H,17-18H2,1-2H3/b28-15+. The lowest BCUT2D eigenvalue weighted by molar-refractivity contribution is -0.123. The molecule has 0 saturated carbocycles. The van der Waals surface area contributed by atoms with E-state index < -0.39 is 0 Å². The normalized spacial score (nSPS) is 14.6. The van der Waals surface area contributed by atoms with Gasteiger partial charge in [0, 0.05) is 4.47 Å². The fraction of sp³-hybridized carbons (Fsp3) is 0.133. The summed E-state index contributed by atoms with van der Waals surface area (Å²) >= 11 is 4.53. The van der Waals surface area contributed by atoms with Crippen LogP contribution in [0.1, 0.15) is 22.3 Å². The Hall–Kier alpha value is -3.55. The van der Waals surface area contributed by atoms with Gasteiger partial charge in [-0.15, -0.1) is 0 Å². The zero-order valence-corrected chi connectivity index (χ0v) is 22.8. The Kier molecular flexibility index (Phi) is 7.35. The van der Waals surface area contributed by atoms with Crippen molar-refractivity contribution >= 4 is 55.7 Å². The summed E-state index contributed by atoms with van der Waals surface area (Å²) in [4.78, 5) is 27.7. The van der Waals surface area contributed by atoms with E-state index in [1.54, 1.807) is 19.3 Å². The number of carbonyl (C=O) groups excluding carboxylic acids is 2. The molecule has 0 radical (unpaired) electrons. The van der Waals surface area contributed by atoms with Gasteiger partial charge >= 0.3 is 0 Å². The highest BCUT2D eigenvalue weighted by Gasteiger charge is 2.35. The number of nitrogens with zero attached hydrogens (tertiary/aromatic N) is 1. The zero-order valence-electron chi connectivity index (χ0n) is 20.4. The van der Waals surface area contributed by atoms with Crippen molar-refractivity contribution in [1.29, 1.82) is 0 Å². The number of aryl methyl sites for hydroxylation is 1. The molecule has 5 nitrogen and oxygen atoms in total. The maximum absolute atomic E-state index is 13.2. The number of carbonyl (C=O) groups is 2. The molecule has 186 valence electrons. The van der Waals surface area contributed by atoms with Gasteiger partial charge in [-0.25, -0.2) is 0 Å². The minimum absolute atomic E-state index is 0.222. The topological polar surface area (TPSA) is 55.8 Å². The second-order valence-corrected chi connectivity index (χ2v) is 10.6. The molecule has 0 atom stereocenters. The molecule has 0 N–H and O–H groups in total. The number of methoxy groups -OCH3 is 1. The Morgan fingerprint density at radius 1 is 0.946 bits per heavy atom. The van der Waals surface area contributed by atoms with Gasteiger partial charge in [-0.3, -0.25) is 14.5 Å². The van der Waals surface area contributed by atoms with Crippen LogP contribution in [-0.2, 0) is 17.9 Å². The predicted octanol–water partition coefficient (Wildman–Crippen LogP) is 7.73. The molecule has 1 aliphatic rings. The number of benzene rings is 4. The Balaban J connectivity index is 1.37. The van der Waals surface area contributed by atoms with Crippen LogP contribution in [0.2, 0.25) is 0 Å². The SMILES string of the molecule is COc1cc(/C=C2/SC(=O)N(Cc3cccc4ccccc34)C2=O)c(Br)cc1OCc1cccc(C)c1. The van der Waals surface area contributed by atoms with Crippen LogP contribution < -0.4 is 9.47 Å². The van der Waals surface area contributed by atoms with Crippen LogP contribution in [0.4, 0.5) is 4.79 Å². The highest BCUT2D eigenvalue weighted by atomic mass is 79.9. The number of ether oxygens (including phenoxy) is 2. The van der Waals surface area contributed by atoms with Crippen LogP contribution in [-0.4, -0.2) is 23.2 Å². The number of amides is 2. The van der Waals surface area contributed by atoms with Gasteiger partial charge in [0.05, 0.1) is 18.6 Å². The molecule has 37 heavy (non-hydrogen) atoms. The molecule has 7 heteroatoms. The molecule has 0 aliphatic carbocycles. The predicted molar refractivity (Wildman–Crippen MR) is 152 cm³/mol. The number of rotatable bonds is 7. The highest BCUT2D eigenvalue weighted by Crippen LogP contribution is 2.39. The summed E-state index contributed by atoms with van der Waals surface area (Å²) in [5, 5.41) is 1.82. The second-order valence-electron chi connectivity index (χ2n) is 8.71. The summed E-state index contributed by atoms with van der Waals surface area (Å²) in [7, 11) is 1.57. The zero-order chi connectivity index (χ0) is 25.9. The Labute approximate surface area is 228 Å². The van der Waals surface area contributed by atoms with Gasteiger partial charge in [0.1, 0.15) is 6.61 Å². The van der Waals surface area contributed by atoms with E-state index in [0.717, 1.165) is 43.7 Å². The summed E-state index contributed by atoms with van der Waals surface area (Å²) in [6.07, 6.45) is 1.71. The van der Waals surface area contributed by atoms with Crippen molar-refractivity contribution in [3.63, 3.8) is 0 Å². The number of imide groups is 1. The first kappa shape index (κ1) is 25.1. The summed E-state index contributed by atoms with van der Waals surface area (Å²) in [6, 6.07) is 25.6. The van der Waals surface area contributed by atoms with E-state index in [1.807, 2.05) is 73.7 Å². The molecule has 0 aromatic heterocycles. The molecule has 0 bridgehead atoms. The molecule has 0 spiro atoms. The van der Waals surface area contributed by atoms with E-state index >= 15 is 0 Å². The van der Waals surface area contributed by atoms with Gasteiger partial charge in [0.15, 0.2) is 11.5 Å². The third kappa shape index (κ3) is 5.43. The van der Waals surface area contributed by atoms with Crippen LogP contribution in [0.5, 0.6) is 11.5 Å². The van der Waals surface area contributed by atoms with E-state index in [4.69, 9.17) is 9.47 Å². The summed E-state index contributed by atoms with van der Waals surface area (Å²) in [5.74, 6) is 0.808. The maximum Gasteiger partial charge on any atom is 0.293 e. The molecule has 1 heterocycles. The summed E-state index contributed by atoms with van der Waals surface area (Å²) in [5.41, 5.74) is 3.87. The molecular weight excluding hydrogens is 550 g/mol. The van der Waals surface area contributed by atoms with Crippen molar-refractivity contribution in [3.05, 3.63) is 110 Å². The lowest BCUT2D eigenvalue weighted by Gasteiger charge is -2.14. The summed E-state index contributed by atoms with van der Waals surface area (Å²) in [6.45, 7) is 2.66. The van der Waals surface area contributed by atoms with Gasteiger partial charge in [0.25, 0.3) is 11.1 Å². The molecule has 4 aromatic rings. The van der Waals surface area contributed by atoms with E-state index in [9.17, 15) is 9.59 Å². The van der Waals surface area contributed by atoms with Crippen molar-refractivity contribution in [2.24, 2.45) is 0 Å². The highest BCUT2D eigenvalue weighted by molar-refractivity contribution is 9.10. The Morgan fingerprint density at radius 2 is 1.73 bits per heavy atom. The van der Waals surface area contributed by atoms with Crippen LogP contribution in [0.15, 0.2) is 88.2 Å². The van der Waals surface area contributed by atoms with E-state index in [0.29, 0.717) is 23.0 Å². The lowest BCUT2D eigenvalue weighted by atomic mass is 10.0. The van der Waals surface area contributed by atoms with Crippen LogP contribution in [0.25, 0.3) is 16.8 Å². The molecule has 1 fully saturated rings. The van der Waals surface area contributed by atoms with E-state index in [1.165, 1.54) is 10.5 Å². The fourth-order valence-corrected chi connectivity index (χ4v) is 5.54. The lowest BCUT2D eigenvalue weighted by Crippen LogP contribution is -2.27. The molecule has 5 rings (SSSR count). The number of fused-ring (bicyclic) bond motifs is 1. The smallest absolute Gasteiger partial charge is 0.293 e. The van der Waals surface area contributed by atoms with Gasteiger partial charge in [-0.05, 0) is 64.4 Å². The number of hydrogen-bond acceptors (Lipinski definition) is 5. The average molecular weight is 574 g/mol. The van der Waals surface area contributed by atoms with Crippen LogP contribution >= 0.6 is 27.7 Å². The Bertz CT molecular complexity index is 1540. The quantitative estimate of drug-likeness (QED) is 0.212.